The fourth-order valence-electron chi connectivity index (χ4n) is 1.50. The summed E-state index contributed by atoms with van der Waals surface area (Å²) in [6.07, 6.45) is 1.86. The van der Waals surface area contributed by atoms with Gasteiger partial charge in [-0.25, -0.2) is 0 Å². The zero-order chi connectivity index (χ0) is 11.0. The van der Waals surface area contributed by atoms with Crippen molar-refractivity contribution in [3.63, 3.8) is 0 Å². The number of aromatic nitrogens is 2. The van der Waals surface area contributed by atoms with E-state index in [4.69, 9.17) is 23.1 Å². The van der Waals surface area contributed by atoms with Crippen molar-refractivity contribution in [3.05, 3.63) is 17.3 Å². The second-order valence-corrected chi connectivity index (χ2v) is 3.99. The number of nitrogens with one attached hydrogen (secondary N) is 1. The Hall–Kier alpha value is -1.49. The molecular formula is C9H12ClN5. The highest BCUT2D eigenvalue weighted by molar-refractivity contribution is 6.32. The van der Waals surface area contributed by atoms with Crippen molar-refractivity contribution in [3.8, 4) is 0 Å². The predicted octanol–water partition coefficient (Wildman–Crippen LogP) is 1.42. The van der Waals surface area contributed by atoms with E-state index in [-0.39, 0.29) is 11.1 Å². The molecule has 2 rings (SSSR count). The lowest BCUT2D eigenvalue weighted by atomic mass is 9.88. The number of anilines is 3. The molecule has 1 fully saturated rings. The Bertz CT molecular complexity index is 409. The van der Waals surface area contributed by atoms with Crippen molar-refractivity contribution in [2.45, 2.75) is 18.9 Å². The standard InChI is InChI=1S/C9H12ClN5/c1-4-2-5(3-4)13-8-6(11)7(10)14-9(12)15-8/h5H,1-3,11H2,(H3,12,13,14,15). The molecule has 0 radical (unpaired) electrons. The minimum atomic E-state index is 0.120. The molecule has 1 saturated carbocycles. The second kappa shape index (κ2) is 3.58. The maximum Gasteiger partial charge on any atom is 0.223 e. The summed E-state index contributed by atoms with van der Waals surface area (Å²) in [4.78, 5) is 7.75. The lowest BCUT2D eigenvalue weighted by molar-refractivity contribution is 0.580. The van der Waals surface area contributed by atoms with Gasteiger partial charge < -0.3 is 16.8 Å². The highest BCUT2D eigenvalue weighted by Gasteiger charge is 2.22. The van der Waals surface area contributed by atoms with Crippen molar-refractivity contribution >= 4 is 29.1 Å². The molecule has 0 bridgehead atoms. The molecule has 1 heterocycles. The predicted molar refractivity (Wildman–Crippen MR) is 61.7 cm³/mol. The average molecular weight is 226 g/mol. The summed E-state index contributed by atoms with van der Waals surface area (Å²) < 4.78 is 0. The molecule has 0 atom stereocenters. The fraction of sp³-hybridized carbons (Fsp3) is 0.333. The van der Waals surface area contributed by atoms with Gasteiger partial charge in [-0.15, -0.1) is 0 Å². The van der Waals surface area contributed by atoms with Crippen LogP contribution in [0.3, 0.4) is 0 Å². The van der Waals surface area contributed by atoms with E-state index in [1.807, 2.05) is 0 Å². The Kier molecular flexibility index (Phi) is 2.40. The van der Waals surface area contributed by atoms with Crippen LogP contribution in [0.15, 0.2) is 12.2 Å². The van der Waals surface area contributed by atoms with Gasteiger partial charge in [-0.2, -0.15) is 9.97 Å². The van der Waals surface area contributed by atoms with Crippen LogP contribution in [0, 0.1) is 0 Å². The van der Waals surface area contributed by atoms with E-state index in [1.165, 1.54) is 5.57 Å². The van der Waals surface area contributed by atoms with Crippen LogP contribution in [0.4, 0.5) is 17.5 Å². The van der Waals surface area contributed by atoms with Gasteiger partial charge in [0.1, 0.15) is 5.69 Å². The zero-order valence-corrected chi connectivity index (χ0v) is 8.88. The molecule has 1 aromatic rings. The van der Waals surface area contributed by atoms with E-state index < -0.39 is 0 Å². The van der Waals surface area contributed by atoms with Crippen molar-refractivity contribution in [2.24, 2.45) is 0 Å². The normalized spacial score (nSPS) is 16.2. The first-order valence-corrected chi connectivity index (χ1v) is 4.95. The van der Waals surface area contributed by atoms with Gasteiger partial charge in [0.05, 0.1) is 0 Å². The third-order valence-corrected chi connectivity index (χ3v) is 2.62. The van der Waals surface area contributed by atoms with Gasteiger partial charge in [0, 0.05) is 6.04 Å². The molecule has 0 spiro atoms. The van der Waals surface area contributed by atoms with Crippen LogP contribution in [0.25, 0.3) is 0 Å². The number of hydrogen-bond donors (Lipinski definition) is 3. The van der Waals surface area contributed by atoms with E-state index in [9.17, 15) is 0 Å². The first-order chi connectivity index (χ1) is 7.06. The number of halogens is 1. The molecule has 0 aliphatic heterocycles. The van der Waals surface area contributed by atoms with Gasteiger partial charge in [0.2, 0.25) is 5.95 Å². The molecule has 80 valence electrons. The monoisotopic (exact) mass is 225 g/mol. The van der Waals surface area contributed by atoms with Crippen LogP contribution >= 0.6 is 11.6 Å². The molecule has 5 N–H and O–H groups in total. The van der Waals surface area contributed by atoms with Crippen LogP contribution in [-0.2, 0) is 0 Å². The largest absolute Gasteiger partial charge is 0.393 e. The summed E-state index contributed by atoms with van der Waals surface area (Å²) in [5, 5.41) is 3.34. The Morgan fingerprint density at radius 1 is 1.33 bits per heavy atom. The molecule has 1 aliphatic rings. The van der Waals surface area contributed by atoms with E-state index in [1.54, 1.807) is 0 Å². The van der Waals surface area contributed by atoms with E-state index in [0.29, 0.717) is 17.5 Å². The summed E-state index contributed by atoms with van der Waals surface area (Å²) in [5.74, 6) is 0.625. The summed E-state index contributed by atoms with van der Waals surface area (Å²) in [6, 6.07) is 0.324. The summed E-state index contributed by atoms with van der Waals surface area (Å²) in [5.41, 5.74) is 12.7. The van der Waals surface area contributed by atoms with Crippen molar-refractivity contribution in [1.29, 1.82) is 0 Å². The number of nitrogen functional groups attached to an aromatic ring is 2. The fourth-order valence-corrected chi connectivity index (χ4v) is 1.68. The minimum absolute atomic E-state index is 0.120. The van der Waals surface area contributed by atoms with Crippen molar-refractivity contribution in [2.75, 3.05) is 16.8 Å². The van der Waals surface area contributed by atoms with Gasteiger partial charge in [0.25, 0.3) is 0 Å². The third-order valence-electron chi connectivity index (χ3n) is 2.33. The van der Waals surface area contributed by atoms with Crippen molar-refractivity contribution in [1.82, 2.24) is 9.97 Å². The summed E-state index contributed by atoms with van der Waals surface area (Å²) in [7, 11) is 0. The van der Waals surface area contributed by atoms with Gasteiger partial charge >= 0.3 is 0 Å². The van der Waals surface area contributed by atoms with Gasteiger partial charge in [-0.1, -0.05) is 23.8 Å². The Labute approximate surface area is 92.5 Å². The molecule has 6 heteroatoms. The SMILES string of the molecule is C=C1CC(Nc2nc(N)nc(Cl)c2N)C1. The molecule has 5 nitrogen and oxygen atoms in total. The van der Waals surface area contributed by atoms with Gasteiger partial charge in [-0.3, -0.25) is 0 Å². The Morgan fingerprint density at radius 2 is 2.00 bits per heavy atom. The number of nitrogens with two attached hydrogens (primary N) is 2. The Morgan fingerprint density at radius 3 is 2.60 bits per heavy atom. The second-order valence-electron chi connectivity index (χ2n) is 3.63. The van der Waals surface area contributed by atoms with Gasteiger partial charge in [-0.05, 0) is 12.8 Å². The van der Waals surface area contributed by atoms with E-state index in [2.05, 4.69) is 21.9 Å². The first kappa shape index (κ1) is 10.0. The van der Waals surface area contributed by atoms with Crippen LogP contribution in [0.5, 0.6) is 0 Å². The molecule has 0 aromatic carbocycles. The van der Waals surface area contributed by atoms with Crippen LogP contribution in [0.2, 0.25) is 5.15 Å². The highest BCUT2D eigenvalue weighted by atomic mass is 35.5. The highest BCUT2D eigenvalue weighted by Crippen LogP contribution is 2.31. The maximum absolute atomic E-state index is 5.78. The van der Waals surface area contributed by atoms with Crippen LogP contribution in [-0.4, -0.2) is 16.0 Å². The molecule has 15 heavy (non-hydrogen) atoms. The molecule has 0 saturated heterocycles. The van der Waals surface area contributed by atoms with E-state index >= 15 is 0 Å². The van der Waals surface area contributed by atoms with E-state index in [0.717, 1.165) is 12.8 Å². The molecule has 1 aromatic heterocycles. The number of hydrogen-bond acceptors (Lipinski definition) is 5. The zero-order valence-electron chi connectivity index (χ0n) is 8.13. The average Bonchev–Trinajstić information content (AvgIpc) is 2.10. The van der Waals surface area contributed by atoms with Gasteiger partial charge in [0.15, 0.2) is 11.0 Å². The summed E-state index contributed by atoms with van der Waals surface area (Å²) >= 11 is 5.78. The topological polar surface area (TPSA) is 89.8 Å². The maximum atomic E-state index is 5.78. The molecular weight excluding hydrogens is 214 g/mol. The number of rotatable bonds is 2. The van der Waals surface area contributed by atoms with Crippen LogP contribution in [0.1, 0.15) is 12.8 Å². The summed E-state index contributed by atoms with van der Waals surface area (Å²) in [6.45, 7) is 3.86. The Balaban J connectivity index is 2.17. The molecule has 0 amide bonds. The minimum Gasteiger partial charge on any atom is -0.393 e. The van der Waals surface area contributed by atoms with Crippen LogP contribution < -0.4 is 16.8 Å². The molecule has 0 unspecified atom stereocenters. The van der Waals surface area contributed by atoms with Crippen molar-refractivity contribution < 1.29 is 0 Å². The first-order valence-electron chi connectivity index (χ1n) is 4.58. The number of nitrogens with zero attached hydrogens (tertiary/aromatic N) is 2. The molecule has 1 aliphatic carbocycles. The lowest BCUT2D eigenvalue weighted by Gasteiger charge is -2.30. The quantitative estimate of drug-likeness (QED) is 0.523. The smallest absolute Gasteiger partial charge is 0.223 e. The third kappa shape index (κ3) is 1.97. The lowest BCUT2D eigenvalue weighted by Crippen LogP contribution is -2.30.